The summed E-state index contributed by atoms with van der Waals surface area (Å²) in [6.45, 7) is 0. The molecule has 2 aromatic rings. The molecule has 0 bridgehead atoms. The third-order valence-electron chi connectivity index (χ3n) is 2.09. The fourth-order valence-electron chi connectivity index (χ4n) is 1.30. The number of benzene rings is 1. The Labute approximate surface area is 117 Å². The van der Waals surface area contributed by atoms with Gasteiger partial charge in [-0.2, -0.15) is 5.10 Å². The standard InChI is InChI=1S/C10H7Cl3N4O/c11-4-1-5(12)9(6(13)2-4)15-10(18)7-3-8(14)17-16-7/h1-3H,(H,15,18)(H3,14,16,17). The Hall–Kier alpha value is -1.43. The predicted molar refractivity (Wildman–Crippen MR) is 72.4 cm³/mol. The number of amides is 1. The number of halogens is 3. The number of nitrogens with zero attached hydrogens (tertiary/aromatic N) is 1. The quantitative estimate of drug-likeness (QED) is 0.796. The lowest BCUT2D eigenvalue weighted by atomic mass is 10.3. The van der Waals surface area contributed by atoms with Crippen LogP contribution in [-0.4, -0.2) is 16.1 Å². The van der Waals surface area contributed by atoms with Gasteiger partial charge in [0, 0.05) is 11.1 Å². The molecule has 4 N–H and O–H groups in total. The number of aromatic amines is 1. The second-order valence-corrected chi connectivity index (χ2v) is 4.66. The van der Waals surface area contributed by atoms with E-state index in [1.165, 1.54) is 18.2 Å². The molecule has 0 unspecified atom stereocenters. The average molecular weight is 306 g/mol. The minimum absolute atomic E-state index is 0.203. The Kier molecular flexibility index (Phi) is 3.65. The largest absolute Gasteiger partial charge is 0.382 e. The number of carbonyl (C=O) groups is 1. The van der Waals surface area contributed by atoms with Crippen LogP contribution in [0.5, 0.6) is 0 Å². The molecular formula is C10H7Cl3N4O. The van der Waals surface area contributed by atoms with Crippen LogP contribution >= 0.6 is 34.8 Å². The molecule has 1 aromatic heterocycles. The molecule has 1 heterocycles. The Morgan fingerprint density at radius 1 is 1.22 bits per heavy atom. The number of nitrogens with one attached hydrogen (secondary N) is 2. The molecule has 0 saturated carbocycles. The highest BCUT2D eigenvalue weighted by Crippen LogP contribution is 2.33. The molecule has 1 amide bonds. The van der Waals surface area contributed by atoms with Crippen LogP contribution < -0.4 is 11.1 Å². The number of anilines is 2. The van der Waals surface area contributed by atoms with E-state index >= 15 is 0 Å². The first kappa shape index (κ1) is 13.0. The van der Waals surface area contributed by atoms with Gasteiger partial charge in [0.05, 0.1) is 15.7 Å². The summed E-state index contributed by atoms with van der Waals surface area (Å²) >= 11 is 17.6. The van der Waals surface area contributed by atoms with Crippen LogP contribution in [0.4, 0.5) is 11.5 Å². The lowest BCUT2D eigenvalue weighted by Crippen LogP contribution is -2.13. The van der Waals surface area contributed by atoms with E-state index in [0.29, 0.717) is 5.02 Å². The van der Waals surface area contributed by atoms with Crippen molar-refractivity contribution in [2.75, 3.05) is 11.1 Å². The van der Waals surface area contributed by atoms with E-state index in [-0.39, 0.29) is 27.2 Å². The SMILES string of the molecule is Nc1cc(C(=O)Nc2c(Cl)cc(Cl)cc2Cl)[nH]n1. The predicted octanol–water partition coefficient (Wildman–Crippen LogP) is 3.20. The van der Waals surface area contributed by atoms with Crippen molar-refractivity contribution in [3.8, 4) is 0 Å². The monoisotopic (exact) mass is 304 g/mol. The lowest BCUT2D eigenvalue weighted by Gasteiger charge is -2.08. The van der Waals surface area contributed by atoms with Crippen molar-refractivity contribution in [2.45, 2.75) is 0 Å². The third kappa shape index (κ3) is 2.69. The summed E-state index contributed by atoms with van der Waals surface area (Å²) < 4.78 is 0. The van der Waals surface area contributed by atoms with Gasteiger partial charge in [0.2, 0.25) is 0 Å². The van der Waals surface area contributed by atoms with E-state index in [0.717, 1.165) is 0 Å². The molecule has 0 saturated heterocycles. The maximum atomic E-state index is 11.8. The lowest BCUT2D eigenvalue weighted by molar-refractivity contribution is 0.102. The highest BCUT2D eigenvalue weighted by atomic mass is 35.5. The molecule has 0 aliphatic carbocycles. The Morgan fingerprint density at radius 2 is 1.83 bits per heavy atom. The number of nitrogens with two attached hydrogens (primary N) is 1. The van der Waals surface area contributed by atoms with Gasteiger partial charge in [0.1, 0.15) is 11.5 Å². The smallest absolute Gasteiger partial charge is 0.273 e. The van der Waals surface area contributed by atoms with Gasteiger partial charge in [-0.05, 0) is 12.1 Å². The fraction of sp³-hybridized carbons (Fsp3) is 0. The molecule has 0 aliphatic heterocycles. The Bertz CT molecular complexity index is 588. The van der Waals surface area contributed by atoms with E-state index in [1.807, 2.05) is 0 Å². The van der Waals surface area contributed by atoms with Crippen LogP contribution in [0.3, 0.4) is 0 Å². The minimum atomic E-state index is -0.453. The van der Waals surface area contributed by atoms with E-state index in [9.17, 15) is 4.79 Å². The summed E-state index contributed by atoms with van der Waals surface area (Å²) in [6, 6.07) is 4.35. The summed E-state index contributed by atoms with van der Waals surface area (Å²) in [5.74, 6) is -0.237. The van der Waals surface area contributed by atoms with E-state index in [1.54, 1.807) is 0 Å². The van der Waals surface area contributed by atoms with Gasteiger partial charge in [-0.3, -0.25) is 9.89 Å². The molecule has 0 aliphatic rings. The first-order chi connectivity index (χ1) is 8.47. The van der Waals surface area contributed by atoms with Crippen molar-refractivity contribution in [1.29, 1.82) is 0 Å². The Morgan fingerprint density at radius 3 is 2.33 bits per heavy atom. The fourth-order valence-corrected chi connectivity index (χ4v) is 2.21. The van der Waals surface area contributed by atoms with Gasteiger partial charge < -0.3 is 11.1 Å². The summed E-state index contributed by atoms with van der Waals surface area (Å²) in [6.07, 6.45) is 0. The minimum Gasteiger partial charge on any atom is -0.382 e. The van der Waals surface area contributed by atoms with Gasteiger partial charge >= 0.3 is 0 Å². The number of hydrogen-bond acceptors (Lipinski definition) is 3. The highest BCUT2D eigenvalue weighted by molar-refractivity contribution is 6.42. The average Bonchev–Trinajstić information content (AvgIpc) is 2.70. The molecular weight excluding hydrogens is 298 g/mol. The summed E-state index contributed by atoms with van der Waals surface area (Å²) in [5.41, 5.74) is 5.88. The van der Waals surface area contributed by atoms with Crippen molar-refractivity contribution in [3.05, 3.63) is 39.0 Å². The van der Waals surface area contributed by atoms with Crippen molar-refractivity contribution in [1.82, 2.24) is 10.2 Å². The highest BCUT2D eigenvalue weighted by Gasteiger charge is 2.14. The zero-order chi connectivity index (χ0) is 13.3. The van der Waals surface area contributed by atoms with E-state index in [2.05, 4.69) is 15.5 Å². The van der Waals surface area contributed by atoms with Crippen LogP contribution in [0, 0.1) is 0 Å². The van der Waals surface area contributed by atoms with Gasteiger partial charge in [-0.25, -0.2) is 0 Å². The molecule has 1 aromatic carbocycles. The zero-order valence-corrected chi connectivity index (χ0v) is 11.1. The number of rotatable bonds is 2. The number of aromatic nitrogens is 2. The van der Waals surface area contributed by atoms with Gasteiger partial charge in [0.15, 0.2) is 0 Å². The topological polar surface area (TPSA) is 83.8 Å². The van der Waals surface area contributed by atoms with Crippen molar-refractivity contribution in [3.63, 3.8) is 0 Å². The number of carbonyl (C=O) groups excluding carboxylic acids is 1. The third-order valence-corrected chi connectivity index (χ3v) is 2.90. The number of H-pyrrole nitrogens is 1. The number of hydrogen-bond donors (Lipinski definition) is 3. The first-order valence-electron chi connectivity index (χ1n) is 4.74. The van der Waals surface area contributed by atoms with Crippen LogP contribution in [-0.2, 0) is 0 Å². The zero-order valence-electron chi connectivity index (χ0n) is 8.80. The molecule has 0 radical (unpaired) electrons. The molecule has 0 fully saturated rings. The van der Waals surface area contributed by atoms with Crippen molar-refractivity contribution >= 4 is 52.2 Å². The summed E-state index contributed by atoms with van der Waals surface area (Å²) in [4.78, 5) is 11.8. The first-order valence-corrected chi connectivity index (χ1v) is 5.87. The number of nitrogen functional groups attached to an aromatic ring is 1. The van der Waals surface area contributed by atoms with Gasteiger partial charge in [-0.1, -0.05) is 34.8 Å². The normalized spacial score (nSPS) is 10.4. The maximum Gasteiger partial charge on any atom is 0.273 e. The van der Waals surface area contributed by atoms with Crippen LogP contribution in [0.1, 0.15) is 10.5 Å². The molecule has 0 spiro atoms. The van der Waals surface area contributed by atoms with E-state index < -0.39 is 5.91 Å². The van der Waals surface area contributed by atoms with Crippen molar-refractivity contribution in [2.24, 2.45) is 0 Å². The Balaban J connectivity index is 2.27. The van der Waals surface area contributed by atoms with E-state index in [4.69, 9.17) is 40.5 Å². The van der Waals surface area contributed by atoms with Crippen LogP contribution in [0.15, 0.2) is 18.2 Å². The second kappa shape index (κ2) is 5.06. The molecule has 2 rings (SSSR count). The summed E-state index contributed by atoms with van der Waals surface area (Å²) in [5, 5.41) is 9.54. The van der Waals surface area contributed by atoms with Crippen molar-refractivity contribution < 1.29 is 4.79 Å². The molecule has 18 heavy (non-hydrogen) atoms. The molecule has 8 heteroatoms. The summed E-state index contributed by atoms with van der Waals surface area (Å²) in [7, 11) is 0. The van der Waals surface area contributed by atoms with Crippen LogP contribution in [0.25, 0.3) is 0 Å². The molecule has 0 atom stereocenters. The second-order valence-electron chi connectivity index (χ2n) is 3.41. The molecule has 5 nitrogen and oxygen atoms in total. The maximum absolute atomic E-state index is 11.8. The van der Waals surface area contributed by atoms with Crippen LogP contribution in [0.2, 0.25) is 15.1 Å². The molecule has 94 valence electrons. The van der Waals surface area contributed by atoms with Gasteiger partial charge in [0.25, 0.3) is 5.91 Å². The van der Waals surface area contributed by atoms with Gasteiger partial charge in [-0.15, -0.1) is 0 Å².